The highest BCUT2D eigenvalue weighted by Crippen LogP contribution is 2.29. The molecule has 4 bridgehead atoms. The molecule has 2 atom stereocenters. The minimum atomic E-state index is -0.305. The standard InChI is InChI=1S/C25H27N5O5S/c1-15-28-29-25(36-15)30-10-9-20-19(13-30)27-24(32)17-5-8-21(33-2)22(11-17)34-14-23(31)26-12-16-3-6-18(35-20)7-4-16/h3-8,11,19-20H,9-10,12-14H2,1-2H3,(H,26,31)(H,27,32)/t19-,20+/m0/s1. The first kappa shape index (κ1) is 23.9. The third-order valence-electron chi connectivity index (χ3n) is 6.14. The number of amides is 2. The molecule has 3 aliphatic rings. The number of aromatic nitrogens is 2. The predicted molar refractivity (Wildman–Crippen MR) is 134 cm³/mol. The number of hydrogen-bond acceptors (Lipinski definition) is 9. The number of fused-ring (bicyclic) bond motifs is 7. The fourth-order valence-electron chi connectivity index (χ4n) is 4.24. The normalized spacial score (nSPS) is 20.3. The van der Waals surface area contributed by atoms with Crippen molar-refractivity contribution in [1.82, 2.24) is 20.8 Å². The molecule has 36 heavy (non-hydrogen) atoms. The maximum Gasteiger partial charge on any atom is 0.258 e. The maximum atomic E-state index is 13.3. The zero-order valence-corrected chi connectivity index (χ0v) is 20.8. The molecule has 0 spiro atoms. The van der Waals surface area contributed by atoms with Gasteiger partial charge in [-0.1, -0.05) is 23.5 Å². The molecule has 11 heteroatoms. The number of nitrogens with one attached hydrogen (secondary N) is 2. The zero-order chi connectivity index (χ0) is 25.1. The lowest BCUT2D eigenvalue weighted by atomic mass is 10.0. The van der Waals surface area contributed by atoms with E-state index in [9.17, 15) is 9.59 Å². The summed E-state index contributed by atoms with van der Waals surface area (Å²) in [6.07, 6.45) is 0.452. The Morgan fingerprint density at radius 1 is 1.14 bits per heavy atom. The van der Waals surface area contributed by atoms with Crippen LogP contribution in [0.1, 0.15) is 27.3 Å². The van der Waals surface area contributed by atoms with Gasteiger partial charge in [0.25, 0.3) is 11.8 Å². The Kier molecular flexibility index (Phi) is 6.90. The third-order valence-corrected chi connectivity index (χ3v) is 7.04. The number of nitrogens with zero attached hydrogens (tertiary/aromatic N) is 3. The second kappa shape index (κ2) is 10.4. The van der Waals surface area contributed by atoms with Crippen LogP contribution in [0.25, 0.3) is 0 Å². The fourth-order valence-corrected chi connectivity index (χ4v) is 4.96. The van der Waals surface area contributed by atoms with Crippen LogP contribution >= 0.6 is 11.3 Å². The van der Waals surface area contributed by atoms with Crippen molar-refractivity contribution in [3.8, 4) is 17.2 Å². The molecule has 0 unspecified atom stereocenters. The number of carbonyl (C=O) groups is 2. The molecule has 10 nitrogen and oxygen atoms in total. The molecule has 1 aromatic heterocycles. The molecule has 1 saturated heterocycles. The predicted octanol–water partition coefficient (Wildman–Crippen LogP) is 2.32. The van der Waals surface area contributed by atoms with Crippen molar-refractivity contribution in [2.24, 2.45) is 0 Å². The van der Waals surface area contributed by atoms with E-state index >= 15 is 0 Å². The summed E-state index contributed by atoms with van der Waals surface area (Å²) in [6.45, 7) is 3.34. The Morgan fingerprint density at radius 2 is 1.97 bits per heavy atom. The lowest BCUT2D eigenvalue weighted by molar-refractivity contribution is -0.123. The molecule has 2 aromatic carbocycles. The number of carbonyl (C=O) groups excluding carboxylic acids is 2. The van der Waals surface area contributed by atoms with Gasteiger partial charge in [0, 0.05) is 31.6 Å². The molecule has 2 N–H and O–H groups in total. The van der Waals surface area contributed by atoms with E-state index in [1.54, 1.807) is 18.2 Å². The van der Waals surface area contributed by atoms with E-state index in [1.165, 1.54) is 18.4 Å². The Bertz CT molecular complexity index is 1250. The van der Waals surface area contributed by atoms with E-state index in [4.69, 9.17) is 14.2 Å². The van der Waals surface area contributed by atoms with Crippen molar-refractivity contribution in [1.29, 1.82) is 0 Å². The van der Waals surface area contributed by atoms with E-state index in [2.05, 4.69) is 25.7 Å². The summed E-state index contributed by atoms with van der Waals surface area (Å²) >= 11 is 1.52. The highest BCUT2D eigenvalue weighted by atomic mass is 32.1. The fraction of sp³-hybridized carbons (Fsp3) is 0.360. The molecule has 0 aliphatic carbocycles. The summed E-state index contributed by atoms with van der Waals surface area (Å²) < 4.78 is 17.4. The van der Waals surface area contributed by atoms with Gasteiger partial charge in [-0.25, -0.2) is 0 Å². The minimum Gasteiger partial charge on any atom is -0.493 e. The van der Waals surface area contributed by atoms with Gasteiger partial charge in [-0.2, -0.15) is 0 Å². The van der Waals surface area contributed by atoms with E-state index in [0.29, 0.717) is 42.3 Å². The molecule has 0 radical (unpaired) electrons. The summed E-state index contributed by atoms with van der Waals surface area (Å²) in [6, 6.07) is 12.2. The molecule has 1 fully saturated rings. The van der Waals surface area contributed by atoms with Crippen LogP contribution in [0.2, 0.25) is 0 Å². The van der Waals surface area contributed by atoms with Crippen molar-refractivity contribution >= 4 is 28.3 Å². The van der Waals surface area contributed by atoms with Crippen molar-refractivity contribution in [2.45, 2.75) is 32.0 Å². The van der Waals surface area contributed by atoms with Crippen LogP contribution in [0.5, 0.6) is 17.2 Å². The molecule has 4 heterocycles. The van der Waals surface area contributed by atoms with Crippen LogP contribution in [0, 0.1) is 6.92 Å². The Hall–Kier alpha value is -3.86. The topological polar surface area (TPSA) is 115 Å². The number of piperidine rings is 1. The maximum absolute atomic E-state index is 13.3. The number of hydrogen-bond donors (Lipinski definition) is 2. The Labute approximate surface area is 212 Å². The number of methoxy groups -OCH3 is 1. The van der Waals surface area contributed by atoms with E-state index in [-0.39, 0.29) is 30.6 Å². The number of ether oxygens (including phenoxy) is 3. The number of benzene rings is 2. The van der Waals surface area contributed by atoms with Crippen molar-refractivity contribution < 1.29 is 23.8 Å². The summed E-state index contributed by atoms with van der Waals surface area (Å²) in [5, 5.41) is 16.1. The van der Waals surface area contributed by atoms with Crippen LogP contribution in [0.4, 0.5) is 5.13 Å². The first-order chi connectivity index (χ1) is 17.5. The van der Waals surface area contributed by atoms with Crippen molar-refractivity contribution in [2.75, 3.05) is 31.7 Å². The first-order valence-electron chi connectivity index (χ1n) is 11.7. The highest BCUT2D eigenvalue weighted by molar-refractivity contribution is 7.15. The lowest BCUT2D eigenvalue weighted by Crippen LogP contribution is -2.57. The Balaban J connectivity index is 1.45. The average molecular weight is 510 g/mol. The number of aryl methyl sites for hydroxylation is 1. The largest absolute Gasteiger partial charge is 0.493 e. The van der Waals surface area contributed by atoms with Gasteiger partial charge in [-0.15, -0.1) is 10.2 Å². The van der Waals surface area contributed by atoms with E-state index in [0.717, 1.165) is 22.2 Å². The van der Waals surface area contributed by atoms with Gasteiger partial charge in [0.1, 0.15) is 16.9 Å². The summed E-state index contributed by atoms with van der Waals surface area (Å²) in [5.74, 6) is 0.893. The number of rotatable bonds is 2. The minimum absolute atomic E-state index is 0.205. The van der Waals surface area contributed by atoms with Gasteiger partial charge in [-0.05, 0) is 42.8 Å². The number of anilines is 1. The van der Waals surface area contributed by atoms with Gasteiger partial charge in [0.05, 0.1) is 13.2 Å². The Morgan fingerprint density at radius 3 is 2.72 bits per heavy atom. The van der Waals surface area contributed by atoms with Gasteiger partial charge in [0.15, 0.2) is 18.1 Å². The van der Waals surface area contributed by atoms with Crippen molar-refractivity contribution in [3.63, 3.8) is 0 Å². The van der Waals surface area contributed by atoms with Crippen LogP contribution in [0.15, 0.2) is 42.5 Å². The molecule has 2 amide bonds. The lowest BCUT2D eigenvalue weighted by Gasteiger charge is -2.38. The molecule has 3 aromatic rings. The highest BCUT2D eigenvalue weighted by Gasteiger charge is 2.34. The molecule has 188 valence electrons. The first-order valence-corrected chi connectivity index (χ1v) is 12.5. The van der Waals surface area contributed by atoms with E-state index < -0.39 is 0 Å². The second-order valence-corrected chi connectivity index (χ2v) is 9.81. The average Bonchev–Trinajstić information content (AvgIpc) is 3.33. The summed E-state index contributed by atoms with van der Waals surface area (Å²) in [4.78, 5) is 27.8. The summed E-state index contributed by atoms with van der Waals surface area (Å²) in [7, 11) is 1.51. The molecule has 6 rings (SSSR count). The van der Waals surface area contributed by atoms with Crippen LogP contribution < -0.4 is 29.7 Å². The van der Waals surface area contributed by atoms with Gasteiger partial charge >= 0.3 is 0 Å². The monoisotopic (exact) mass is 509 g/mol. The van der Waals surface area contributed by atoms with Crippen molar-refractivity contribution in [3.05, 3.63) is 58.6 Å². The molecular weight excluding hydrogens is 482 g/mol. The zero-order valence-electron chi connectivity index (χ0n) is 20.0. The molecule has 3 aliphatic heterocycles. The van der Waals surface area contributed by atoms with Crippen LogP contribution in [-0.2, 0) is 11.3 Å². The van der Waals surface area contributed by atoms with Gasteiger partial charge in [-0.3, -0.25) is 9.59 Å². The summed E-state index contributed by atoms with van der Waals surface area (Å²) in [5.41, 5.74) is 1.33. The van der Waals surface area contributed by atoms with Gasteiger partial charge in [0.2, 0.25) is 5.13 Å². The second-order valence-electron chi connectivity index (χ2n) is 8.65. The van der Waals surface area contributed by atoms with Crippen LogP contribution in [-0.4, -0.2) is 61.0 Å². The molecule has 0 saturated carbocycles. The quantitative estimate of drug-likeness (QED) is 0.541. The SMILES string of the molecule is COc1ccc2cc1OCC(=O)NCc1ccc(cc1)O[C@@H]1CCN(c3nnc(C)s3)C[C@@H]1NC2=O. The molecular formula is C25H27N5O5S. The van der Waals surface area contributed by atoms with Crippen LogP contribution in [0.3, 0.4) is 0 Å². The van der Waals surface area contributed by atoms with E-state index in [1.807, 2.05) is 31.2 Å². The smallest absolute Gasteiger partial charge is 0.258 e. The van der Waals surface area contributed by atoms with Gasteiger partial charge < -0.3 is 29.7 Å². The third kappa shape index (κ3) is 5.35.